The van der Waals surface area contributed by atoms with E-state index in [9.17, 15) is 0 Å². The van der Waals surface area contributed by atoms with Gasteiger partial charge in [-0.3, -0.25) is 0 Å². The van der Waals surface area contributed by atoms with Crippen molar-refractivity contribution in [1.82, 2.24) is 15.0 Å². The fourth-order valence-corrected chi connectivity index (χ4v) is 3.13. The number of hydrogen-bond acceptors (Lipinski definition) is 4. The third-order valence-corrected chi connectivity index (χ3v) is 4.15. The molecule has 0 aromatic carbocycles. The van der Waals surface area contributed by atoms with Crippen molar-refractivity contribution >= 4 is 0 Å². The average Bonchev–Trinajstić information content (AvgIpc) is 3.03. The summed E-state index contributed by atoms with van der Waals surface area (Å²) in [6.07, 6.45) is 9.48. The smallest absolute Gasteiger partial charge is 0.162 e. The van der Waals surface area contributed by atoms with Gasteiger partial charge in [0.2, 0.25) is 0 Å². The number of methoxy groups -OCH3 is 1. The topological polar surface area (TPSA) is 52.2 Å². The zero-order chi connectivity index (χ0) is 14.7. The van der Waals surface area contributed by atoms with Crippen LogP contribution in [0.4, 0.5) is 0 Å². The Bertz CT molecular complexity index is 588. The molecule has 5 heteroatoms. The number of rotatable bonds is 5. The van der Waals surface area contributed by atoms with Gasteiger partial charge in [0.15, 0.2) is 5.76 Å². The molecule has 5 nitrogen and oxygen atoms in total. The standard InChI is InChI=1S/C16H23N3O2/c1-17-16-6-4-3-5-12-8-19(10-15(12)16)9-13-7-14(11-20-2)21-18-13/h7-8,10,16-17H,3-6,9,11H2,1-2H3. The zero-order valence-corrected chi connectivity index (χ0v) is 12.8. The van der Waals surface area contributed by atoms with E-state index >= 15 is 0 Å². The van der Waals surface area contributed by atoms with Crippen LogP contribution in [0, 0.1) is 0 Å². The van der Waals surface area contributed by atoms with Gasteiger partial charge in [0.25, 0.3) is 0 Å². The largest absolute Gasteiger partial charge is 0.377 e. The van der Waals surface area contributed by atoms with Gasteiger partial charge in [-0.15, -0.1) is 0 Å². The zero-order valence-electron chi connectivity index (χ0n) is 12.8. The van der Waals surface area contributed by atoms with Gasteiger partial charge in [0, 0.05) is 31.6 Å². The molecule has 3 rings (SSSR count). The first kappa shape index (κ1) is 14.4. The molecule has 1 aliphatic rings. The Hall–Kier alpha value is -1.59. The average molecular weight is 289 g/mol. The quantitative estimate of drug-likeness (QED) is 0.860. The van der Waals surface area contributed by atoms with Crippen LogP contribution in [0.2, 0.25) is 0 Å². The number of fused-ring (bicyclic) bond motifs is 1. The van der Waals surface area contributed by atoms with Crippen molar-refractivity contribution in [2.45, 2.75) is 44.9 Å². The minimum atomic E-state index is 0.469. The highest BCUT2D eigenvalue weighted by Crippen LogP contribution is 2.29. The summed E-state index contributed by atoms with van der Waals surface area (Å²) in [5.41, 5.74) is 3.84. The van der Waals surface area contributed by atoms with Crippen molar-refractivity contribution in [3.63, 3.8) is 0 Å². The van der Waals surface area contributed by atoms with Crippen LogP contribution in [0.1, 0.15) is 47.9 Å². The Morgan fingerprint density at radius 3 is 3.14 bits per heavy atom. The van der Waals surface area contributed by atoms with Crippen molar-refractivity contribution in [1.29, 1.82) is 0 Å². The van der Waals surface area contributed by atoms with E-state index in [0.29, 0.717) is 12.6 Å². The van der Waals surface area contributed by atoms with Crippen LogP contribution in [0.3, 0.4) is 0 Å². The SMILES string of the molecule is CNC1CCCCc2cn(Cc3cc(COC)on3)cc21. The molecule has 0 fully saturated rings. The molecule has 1 unspecified atom stereocenters. The monoisotopic (exact) mass is 289 g/mol. The summed E-state index contributed by atoms with van der Waals surface area (Å²) in [5.74, 6) is 0.773. The second-order valence-electron chi connectivity index (χ2n) is 5.72. The second kappa shape index (κ2) is 6.45. The van der Waals surface area contributed by atoms with Crippen LogP contribution >= 0.6 is 0 Å². The molecule has 0 saturated heterocycles. The van der Waals surface area contributed by atoms with E-state index in [2.05, 4.69) is 27.4 Å². The summed E-state index contributed by atoms with van der Waals surface area (Å²) in [5, 5.41) is 7.54. The molecule has 2 heterocycles. The van der Waals surface area contributed by atoms with Gasteiger partial charge < -0.3 is 19.1 Å². The van der Waals surface area contributed by atoms with Crippen LogP contribution in [0.15, 0.2) is 23.0 Å². The van der Waals surface area contributed by atoms with E-state index < -0.39 is 0 Å². The highest BCUT2D eigenvalue weighted by atomic mass is 16.5. The van der Waals surface area contributed by atoms with Crippen LogP contribution < -0.4 is 5.32 Å². The van der Waals surface area contributed by atoms with Crippen LogP contribution in [0.25, 0.3) is 0 Å². The summed E-state index contributed by atoms with van der Waals surface area (Å²) in [6.45, 7) is 1.22. The Morgan fingerprint density at radius 1 is 1.43 bits per heavy atom. The fourth-order valence-electron chi connectivity index (χ4n) is 3.13. The second-order valence-corrected chi connectivity index (χ2v) is 5.72. The maximum Gasteiger partial charge on any atom is 0.162 e. The van der Waals surface area contributed by atoms with Gasteiger partial charge >= 0.3 is 0 Å². The minimum Gasteiger partial charge on any atom is -0.377 e. The van der Waals surface area contributed by atoms with Crippen molar-refractivity contribution in [2.75, 3.05) is 14.2 Å². The summed E-state index contributed by atoms with van der Waals surface area (Å²) >= 11 is 0. The van der Waals surface area contributed by atoms with Crippen LogP contribution in [0.5, 0.6) is 0 Å². The van der Waals surface area contributed by atoms with E-state index in [1.54, 1.807) is 7.11 Å². The van der Waals surface area contributed by atoms with E-state index in [0.717, 1.165) is 18.0 Å². The lowest BCUT2D eigenvalue weighted by atomic mass is 10.1. The third-order valence-electron chi connectivity index (χ3n) is 4.15. The molecular formula is C16H23N3O2. The van der Waals surface area contributed by atoms with E-state index in [-0.39, 0.29) is 0 Å². The maximum atomic E-state index is 5.24. The van der Waals surface area contributed by atoms with Crippen LogP contribution in [-0.2, 0) is 24.3 Å². The minimum absolute atomic E-state index is 0.469. The van der Waals surface area contributed by atoms with E-state index in [1.165, 1.54) is 36.8 Å². The normalized spacial score (nSPS) is 18.5. The Kier molecular flexibility index (Phi) is 4.41. The highest BCUT2D eigenvalue weighted by Gasteiger charge is 2.19. The lowest BCUT2D eigenvalue weighted by molar-refractivity contribution is 0.155. The first-order valence-electron chi connectivity index (χ1n) is 7.59. The molecule has 0 radical (unpaired) electrons. The molecule has 1 N–H and O–H groups in total. The fraction of sp³-hybridized carbons (Fsp3) is 0.562. The molecule has 0 spiro atoms. The molecule has 0 amide bonds. The van der Waals surface area contributed by atoms with Gasteiger partial charge in [-0.2, -0.15) is 0 Å². The lowest BCUT2D eigenvalue weighted by Crippen LogP contribution is -2.15. The van der Waals surface area contributed by atoms with Crippen LogP contribution in [-0.4, -0.2) is 23.9 Å². The summed E-state index contributed by atoms with van der Waals surface area (Å²) in [7, 11) is 3.70. The summed E-state index contributed by atoms with van der Waals surface area (Å²) in [6, 6.07) is 2.44. The van der Waals surface area contributed by atoms with Gasteiger partial charge in [-0.25, -0.2) is 0 Å². The first-order chi connectivity index (χ1) is 10.3. The Morgan fingerprint density at radius 2 is 2.33 bits per heavy atom. The van der Waals surface area contributed by atoms with E-state index in [1.807, 2.05) is 13.1 Å². The van der Waals surface area contributed by atoms with Crippen molar-refractivity contribution < 1.29 is 9.26 Å². The van der Waals surface area contributed by atoms with Gasteiger partial charge in [0.05, 0.1) is 6.54 Å². The molecular weight excluding hydrogens is 266 g/mol. The number of nitrogens with one attached hydrogen (secondary N) is 1. The Labute approximate surface area is 125 Å². The van der Waals surface area contributed by atoms with Gasteiger partial charge in [-0.1, -0.05) is 11.6 Å². The van der Waals surface area contributed by atoms with Gasteiger partial charge in [-0.05, 0) is 37.4 Å². The molecule has 0 saturated carbocycles. The predicted octanol–water partition coefficient (Wildman–Crippen LogP) is 2.66. The first-order valence-corrected chi connectivity index (χ1v) is 7.59. The Balaban J connectivity index is 1.77. The number of hydrogen-bond donors (Lipinski definition) is 1. The molecule has 114 valence electrons. The number of nitrogens with zero attached hydrogens (tertiary/aromatic N) is 2. The lowest BCUT2D eigenvalue weighted by Gasteiger charge is -2.13. The molecule has 1 aliphatic carbocycles. The molecule has 2 aromatic heterocycles. The number of aryl methyl sites for hydroxylation is 1. The summed E-state index contributed by atoms with van der Waals surface area (Å²) < 4.78 is 12.5. The molecule has 2 aromatic rings. The molecule has 1 atom stereocenters. The van der Waals surface area contributed by atoms with Crippen molar-refractivity contribution in [3.05, 3.63) is 41.0 Å². The number of aromatic nitrogens is 2. The molecule has 0 bridgehead atoms. The maximum absolute atomic E-state index is 5.24. The van der Waals surface area contributed by atoms with Crippen molar-refractivity contribution in [2.24, 2.45) is 0 Å². The van der Waals surface area contributed by atoms with Crippen molar-refractivity contribution in [3.8, 4) is 0 Å². The van der Waals surface area contributed by atoms with Gasteiger partial charge in [0.1, 0.15) is 12.3 Å². The highest BCUT2D eigenvalue weighted by molar-refractivity contribution is 5.29. The predicted molar refractivity (Wildman–Crippen MR) is 80.1 cm³/mol. The van der Waals surface area contributed by atoms with E-state index in [4.69, 9.17) is 9.26 Å². The number of ether oxygens (including phenoxy) is 1. The third kappa shape index (κ3) is 3.19. The molecule has 0 aliphatic heterocycles. The summed E-state index contributed by atoms with van der Waals surface area (Å²) in [4.78, 5) is 0. The molecule has 21 heavy (non-hydrogen) atoms.